The summed E-state index contributed by atoms with van der Waals surface area (Å²) in [4.78, 5) is 11.2. The van der Waals surface area contributed by atoms with Gasteiger partial charge in [-0.15, -0.1) is 0 Å². The summed E-state index contributed by atoms with van der Waals surface area (Å²) >= 11 is 0. The number of nitrogens with zero attached hydrogens (tertiary/aromatic N) is 3. The van der Waals surface area contributed by atoms with Crippen molar-refractivity contribution in [3.8, 4) is 5.88 Å². The molecule has 25 heavy (non-hydrogen) atoms. The van der Waals surface area contributed by atoms with E-state index in [-0.39, 0.29) is 6.10 Å². The summed E-state index contributed by atoms with van der Waals surface area (Å²) in [6.45, 7) is 6.25. The Morgan fingerprint density at radius 2 is 1.96 bits per heavy atom. The van der Waals surface area contributed by atoms with Crippen LogP contribution in [0.5, 0.6) is 5.88 Å². The fourth-order valence-corrected chi connectivity index (χ4v) is 2.96. The SMILES string of the molecule is Cc1nc(OC2CCc3ccccc3C2)ccc1/N=C/N(C)C(C)C. The Hall–Kier alpha value is -2.36. The molecule has 2 aromatic rings. The third-order valence-electron chi connectivity index (χ3n) is 4.81. The van der Waals surface area contributed by atoms with Crippen LogP contribution in [0.25, 0.3) is 0 Å². The lowest BCUT2D eigenvalue weighted by atomic mass is 9.90. The van der Waals surface area contributed by atoms with E-state index in [1.54, 1.807) is 0 Å². The van der Waals surface area contributed by atoms with Gasteiger partial charge in [0.05, 0.1) is 17.7 Å². The molecule has 132 valence electrons. The molecule has 4 heteroatoms. The van der Waals surface area contributed by atoms with E-state index in [9.17, 15) is 0 Å². The number of fused-ring (bicyclic) bond motifs is 1. The number of ether oxygens (including phenoxy) is 1. The monoisotopic (exact) mass is 337 g/mol. The number of pyridine rings is 1. The Balaban J connectivity index is 1.66. The first kappa shape index (κ1) is 17.5. The van der Waals surface area contributed by atoms with E-state index >= 15 is 0 Å². The van der Waals surface area contributed by atoms with Crippen molar-refractivity contribution >= 4 is 12.0 Å². The maximum absolute atomic E-state index is 6.14. The molecular formula is C21H27N3O. The van der Waals surface area contributed by atoms with Crippen LogP contribution in [0.15, 0.2) is 41.4 Å². The Morgan fingerprint density at radius 3 is 2.68 bits per heavy atom. The number of aliphatic imine (C=N–C) groups is 1. The maximum atomic E-state index is 6.14. The number of hydrogen-bond acceptors (Lipinski definition) is 3. The molecule has 0 aliphatic heterocycles. The van der Waals surface area contributed by atoms with Gasteiger partial charge in [0, 0.05) is 25.6 Å². The van der Waals surface area contributed by atoms with Crippen LogP contribution in [0.2, 0.25) is 0 Å². The number of benzene rings is 1. The molecule has 1 aliphatic rings. The van der Waals surface area contributed by atoms with Crippen molar-refractivity contribution in [3.63, 3.8) is 0 Å². The van der Waals surface area contributed by atoms with Gasteiger partial charge in [-0.25, -0.2) is 9.98 Å². The lowest BCUT2D eigenvalue weighted by Crippen LogP contribution is -2.25. The molecule has 1 aliphatic carbocycles. The zero-order chi connectivity index (χ0) is 17.8. The lowest BCUT2D eigenvalue weighted by Gasteiger charge is -2.25. The van der Waals surface area contributed by atoms with Gasteiger partial charge >= 0.3 is 0 Å². The van der Waals surface area contributed by atoms with Gasteiger partial charge in [-0.1, -0.05) is 24.3 Å². The Bertz CT molecular complexity index is 755. The summed E-state index contributed by atoms with van der Waals surface area (Å²) in [7, 11) is 2.02. The second-order valence-electron chi connectivity index (χ2n) is 7.01. The highest BCUT2D eigenvalue weighted by molar-refractivity contribution is 5.62. The Labute approximate surface area is 150 Å². The standard InChI is InChI=1S/C21H27N3O/c1-15(2)24(4)14-22-20-11-12-21(23-16(20)3)25-19-10-9-17-7-5-6-8-18(17)13-19/h5-8,11-12,14-15,19H,9-10,13H2,1-4H3/b22-14+. The third-order valence-corrected chi connectivity index (χ3v) is 4.81. The highest BCUT2D eigenvalue weighted by Gasteiger charge is 2.20. The van der Waals surface area contributed by atoms with Gasteiger partial charge in [-0.05, 0) is 50.8 Å². The molecule has 1 unspecified atom stereocenters. The largest absolute Gasteiger partial charge is 0.474 e. The van der Waals surface area contributed by atoms with Crippen LogP contribution < -0.4 is 4.74 Å². The van der Waals surface area contributed by atoms with Crippen molar-refractivity contribution in [1.29, 1.82) is 0 Å². The van der Waals surface area contributed by atoms with Crippen molar-refractivity contribution in [2.45, 2.75) is 52.2 Å². The van der Waals surface area contributed by atoms with E-state index in [1.807, 2.05) is 32.4 Å². The minimum absolute atomic E-state index is 0.197. The van der Waals surface area contributed by atoms with Crippen LogP contribution in [0.1, 0.15) is 37.1 Å². The second kappa shape index (κ2) is 7.68. The topological polar surface area (TPSA) is 37.7 Å². The molecule has 0 bridgehead atoms. The Kier molecular flexibility index (Phi) is 5.37. The van der Waals surface area contributed by atoms with E-state index in [4.69, 9.17) is 4.74 Å². The van der Waals surface area contributed by atoms with Gasteiger partial charge in [0.25, 0.3) is 0 Å². The van der Waals surface area contributed by atoms with E-state index in [0.717, 1.165) is 30.6 Å². The smallest absolute Gasteiger partial charge is 0.213 e. The molecule has 0 fully saturated rings. The number of aryl methyl sites for hydroxylation is 2. The second-order valence-corrected chi connectivity index (χ2v) is 7.01. The van der Waals surface area contributed by atoms with Crippen molar-refractivity contribution in [3.05, 3.63) is 53.2 Å². The molecule has 0 saturated heterocycles. The summed E-state index contributed by atoms with van der Waals surface area (Å²) in [6, 6.07) is 13.0. The van der Waals surface area contributed by atoms with E-state index in [2.05, 4.69) is 53.0 Å². The first-order valence-corrected chi connectivity index (χ1v) is 9.00. The predicted octanol–water partition coefficient (Wildman–Crippen LogP) is 4.33. The number of hydrogen-bond donors (Lipinski definition) is 0. The minimum atomic E-state index is 0.197. The van der Waals surface area contributed by atoms with Gasteiger partial charge in [0.2, 0.25) is 5.88 Å². The van der Waals surface area contributed by atoms with Gasteiger partial charge in [0.1, 0.15) is 6.10 Å². The fourth-order valence-electron chi connectivity index (χ4n) is 2.96. The molecule has 0 N–H and O–H groups in total. The zero-order valence-electron chi connectivity index (χ0n) is 15.6. The molecule has 4 nitrogen and oxygen atoms in total. The number of rotatable bonds is 5. The van der Waals surface area contributed by atoms with E-state index < -0.39 is 0 Å². The minimum Gasteiger partial charge on any atom is -0.474 e. The van der Waals surface area contributed by atoms with Crippen LogP contribution in [-0.2, 0) is 12.8 Å². The molecule has 0 radical (unpaired) electrons. The van der Waals surface area contributed by atoms with Crippen LogP contribution in [0, 0.1) is 6.92 Å². The van der Waals surface area contributed by atoms with Crippen molar-refractivity contribution in [2.24, 2.45) is 4.99 Å². The summed E-state index contributed by atoms with van der Waals surface area (Å²) < 4.78 is 6.14. The van der Waals surface area contributed by atoms with Crippen molar-refractivity contribution in [1.82, 2.24) is 9.88 Å². The van der Waals surface area contributed by atoms with Gasteiger partial charge < -0.3 is 9.64 Å². The molecule has 0 spiro atoms. The Morgan fingerprint density at radius 1 is 1.20 bits per heavy atom. The first-order valence-electron chi connectivity index (χ1n) is 9.00. The van der Waals surface area contributed by atoms with Crippen molar-refractivity contribution in [2.75, 3.05) is 7.05 Å². The normalized spacial score (nSPS) is 16.9. The van der Waals surface area contributed by atoms with E-state index in [0.29, 0.717) is 11.9 Å². The third kappa shape index (κ3) is 4.38. The summed E-state index contributed by atoms with van der Waals surface area (Å²) in [5.41, 5.74) is 4.62. The molecule has 1 aromatic carbocycles. The van der Waals surface area contributed by atoms with Gasteiger partial charge in [0.15, 0.2) is 0 Å². The quantitative estimate of drug-likeness (QED) is 0.602. The van der Waals surface area contributed by atoms with Crippen LogP contribution in [0.3, 0.4) is 0 Å². The molecule has 3 rings (SSSR count). The predicted molar refractivity (Wildman–Crippen MR) is 103 cm³/mol. The number of aromatic nitrogens is 1. The average Bonchev–Trinajstić information content (AvgIpc) is 2.60. The summed E-state index contributed by atoms with van der Waals surface area (Å²) in [6.07, 6.45) is 5.12. The van der Waals surface area contributed by atoms with Crippen molar-refractivity contribution < 1.29 is 4.74 Å². The first-order chi connectivity index (χ1) is 12.0. The molecule has 1 aromatic heterocycles. The van der Waals surface area contributed by atoms with Crippen LogP contribution in [0.4, 0.5) is 5.69 Å². The summed E-state index contributed by atoms with van der Waals surface area (Å²) in [5, 5.41) is 0. The van der Waals surface area contributed by atoms with E-state index in [1.165, 1.54) is 11.1 Å². The van der Waals surface area contributed by atoms with Crippen LogP contribution >= 0.6 is 0 Å². The summed E-state index contributed by atoms with van der Waals surface area (Å²) in [5.74, 6) is 0.693. The molecule has 0 amide bonds. The fraction of sp³-hybridized carbons (Fsp3) is 0.429. The highest BCUT2D eigenvalue weighted by Crippen LogP contribution is 2.26. The van der Waals surface area contributed by atoms with Gasteiger partial charge in [-0.3, -0.25) is 0 Å². The maximum Gasteiger partial charge on any atom is 0.213 e. The molecule has 1 heterocycles. The highest BCUT2D eigenvalue weighted by atomic mass is 16.5. The van der Waals surface area contributed by atoms with Gasteiger partial charge in [-0.2, -0.15) is 0 Å². The molecule has 0 saturated carbocycles. The zero-order valence-corrected chi connectivity index (χ0v) is 15.6. The molecular weight excluding hydrogens is 310 g/mol. The average molecular weight is 337 g/mol. The molecule has 1 atom stereocenters. The lowest BCUT2D eigenvalue weighted by molar-refractivity contribution is 0.177. The van der Waals surface area contributed by atoms with Crippen LogP contribution in [-0.4, -0.2) is 35.4 Å².